The van der Waals surface area contributed by atoms with E-state index >= 15 is 0 Å². The van der Waals surface area contributed by atoms with Crippen LogP contribution in [0.5, 0.6) is 0 Å². The van der Waals surface area contributed by atoms with E-state index in [2.05, 4.69) is 20.7 Å². The largest absolute Gasteiger partial charge is 0.375 e. The van der Waals surface area contributed by atoms with Gasteiger partial charge in [-0.2, -0.15) is 0 Å². The second kappa shape index (κ2) is 7.09. The SMILES string of the molecule is O=C(CCOCC(F)F)Cc1sccc1Br. The van der Waals surface area contributed by atoms with Crippen LogP contribution < -0.4 is 0 Å². The number of hydrogen-bond donors (Lipinski definition) is 0. The van der Waals surface area contributed by atoms with Gasteiger partial charge in [0.15, 0.2) is 0 Å². The first-order valence-corrected chi connectivity index (χ1v) is 6.36. The molecule has 6 heteroatoms. The molecule has 1 rings (SSSR count). The molecule has 16 heavy (non-hydrogen) atoms. The van der Waals surface area contributed by atoms with Gasteiger partial charge in [-0.05, 0) is 27.4 Å². The number of halogens is 3. The normalized spacial score (nSPS) is 11.0. The van der Waals surface area contributed by atoms with Crippen LogP contribution in [-0.2, 0) is 16.0 Å². The Morgan fingerprint density at radius 2 is 2.31 bits per heavy atom. The van der Waals surface area contributed by atoms with Gasteiger partial charge in [0.05, 0.1) is 6.61 Å². The van der Waals surface area contributed by atoms with Crippen LogP contribution in [0.15, 0.2) is 15.9 Å². The molecule has 0 aliphatic rings. The highest BCUT2D eigenvalue weighted by molar-refractivity contribution is 9.10. The number of thiophene rings is 1. The van der Waals surface area contributed by atoms with Crippen molar-refractivity contribution in [3.05, 3.63) is 20.8 Å². The molecule has 0 aromatic carbocycles. The maximum atomic E-state index is 11.7. The maximum absolute atomic E-state index is 11.7. The predicted molar refractivity (Wildman–Crippen MR) is 62.2 cm³/mol. The van der Waals surface area contributed by atoms with Crippen molar-refractivity contribution in [1.29, 1.82) is 0 Å². The topological polar surface area (TPSA) is 26.3 Å². The first-order valence-electron chi connectivity index (χ1n) is 4.69. The summed E-state index contributed by atoms with van der Waals surface area (Å²) in [5, 5.41) is 1.89. The van der Waals surface area contributed by atoms with Crippen LogP contribution in [0.4, 0.5) is 8.78 Å². The van der Waals surface area contributed by atoms with Crippen LogP contribution in [0.3, 0.4) is 0 Å². The zero-order valence-electron chi connectivity index (χ0n) is 8.42. The minimum absolute atomic E-state index is 0.00239. The number of ketones is 1. The minimum Gasteiger partial charge on any atom is -0.375 e. The Balaban J connectivity index is 2.19. The van der Waals surface area contributed by atoms with E-state index in [0.717, 1.165) is 9.35 Å². The Bertz CT molecular complexity index is 341. The maximum Gasteiger partial charge on any atom is 0.261 e. The van der Waals surface area contributed by atoms with Crippen molar-refractivity contribution >= 4 is 33.0 Å². The number of carbonyl (C=O) groups excluding carboxylic acids is 1. The summed E-state index contributed by atoms with van der Waals surface area (Å²) in [7, 11) is 0. The van der Waals surface area contributed by atoms with Gasteiger partial charge in [0.2, 0.25) is 0 Å². The van der Waals surface area contributed by atoms with E-state index in [1.807, 2.05) is 11.4 Å². The molecule has 0 saturated carbocycles. The van der Waals surface area contributed by atoms with Crippen molar-refractivity contribution in [1.82, 2.24) is 0 Å². The molecule has 0 aliphatic carbocycles. The number of carbonyl (C=O) groups is 1. The van der Waals surface area contributed by atoms with Crippen LogP contribution in [0.1, 0.15) is 11.3 Å². The molecule has 1 aromatic rings. The smallest absolute Gasteiger partial charge is 0.261 e. The molecule has 0 radical (unpaired) electrons. The van der Waals surface area contributed by atoms with Crippen LogP contribution in [0.2, 0.25) is 0 Å². The summed E-state index contributed by atoms with van der Waals surface area (Å²) in [4.78, 5) is 12.4. The standard InChI is InChI=1S/C10H11BrF2O2S/c11-8-2-4-16-9(8)5-7(14)1-3-15-6-10(12)13/h2,4,10H,1,3,5-6H2. The second-order valence-corrected chi connectivity index (χ2v) is 4.98. The molecule has 0 bridgehead atoms. The van der Waals surface area contributed by atoms with E-state index in [1.54, 1.807) is 0 Å². The number of Topliss-reactive ketones (excluding diaryl/α,β-unsaturated/α-hetero) is 1. The first kappa shape index (κ1) is 13.7. The molecule has 0 N–H and O–H groups in total. The van der Waals surface area contributed by atoms with Gasteiger partial charge < -0.3 is 4.74 Å². The monoisotopic (exact) mass is 312 g/mol. The number of ether oxygens (including phenoxy) is 1. The Morgan fingerprint density at radius 3 is 2.88 bits per heavy atom. The quantitative estimate of drug-likeness (QED) is 0.722. The molecule has 0 amide bonds. The van der Waals surface area contributed by atoms with E-state index < -0.39 is 13.0 Å². The highest BCUT2D eigenvalue weighted by atomic mass is 79.9. The molecule has 0 aliphatic heterocycles. The molecule has 0 saturated heterocycles. The van der Waals surface area contributed by atoms with Crippen molar-refractivity contribution in [2.45, 2.75) is 19.3 Å². The Labute approximate surface area is 105 Å². The highest BCUT2D eigenvalue weighted by Crippen LogP contribution is 2.23. The summed E-state index contributed by atoms with van der Waals surface area (Å²) in [5.41, 5.74) is 0. The lowest BCUT2D eigenvalue weighted by atomic mass is 10.2. The molecular formula is C10H11BrF2O2S. The van der Waals surface area contributed by atoms with E-state index in [4.69, 9.17) is 0 Å². The summed E-state index contributed by atoms with van der Waals surface area (Å²) in [6.07, 6.45) is -1.96. The van der Waals surface area contributed by atoms with Crippen molar-refractivity contribution in [3.63, 3.8) is 0 Å². The number of hydrogen-bond acceptors (Lipinski definition) is 3. The van der Waals surface area contributed by atoms with E-state index in [1.165, 1.54) is 11.3 Å². The van der Waals surface area contributed by atoms with Crippen molar-refractivity contribution in [2.75, 3.05) is 13.2 Å². The zero-order chi connectivity index (χ0) is 12.0. The average molecular weight is 313 g/mol. The molecule has 90 valence electrons. The van der Waals surface area contributed by atoms with Gasteiger partial charge in [-0.25, -0.2) is 8.78 Å². The lowest BCUT2D eigenvalue weighted by Gasteiger charge is -2.02. The van der Waals surface area contributed by atoms with Crippen LogP contribution in [0, 0.1) is 0 Å². The van der Waals surface area contributed by atoms with Crippen molar-refractivity contribution in [2.24, 2.45) is 0 Å². The summed E-state index contributed by atoms with van der Waals surface area (Å²) in [6.45, 7) is -0.540. The van der Waals surface area contributed by atoms with Gasteiger partial charge in [-0.15, -0.1) is 11.3 Å². The third-order valence-corrected chi connectivity index (χ3v) is 3.74. The third kappa shape index (κ3) is 5.14. The van der Waals surface area contributed by atoms with Crippen LogP contribution in [0.25, 0.3) is 0 Å². The lowest BCUT2D eigenvalue weighted by molar-refractivity contribution is -0.119. The van der Waals surface area contributed by atoms with Crippen LogP contribution >= 0.6 is 27.3 Å². The summed E-state index contributed by atoms with van der Waals surface area (Å²) in [6, 6.07) is 1.88. The third-order valence-electron chi connectivity index (χ3n) is 1.82. The average Bonchev–Trinajstić information content (AvgIpc) is 2.59. The molecule has 2 nitrogen and oxygen atoms in total. The minimum atomic E-state index is -2.47. The molecule has 0 atom stereocenters. The summed E-state index contributed by atoms with van der Waals surface area (Å²) in [5.74, 6) is -0.00239. The van der Waals surface area contributed by atoms with E-state index in [-0.39, 0.29) is 18.8 Å². The molecule has 0 unspecified atom stereocenters. The summed E-state index contributed by atoms with van der Waals surface area (Å²) >= 11 is 4.82. The van der Waals surface area contributed by atoms with Crippen molar-refractivity contribution in [3.8, 4) is 0 Å². The highest BCUT2D eigenvalue weighted by Gasteiger charge is 2.09. The number of rotatable bonds is 7. The van der Waals surface area contributed by atoms with Gasteiger partial charge in [-0.1, -0.05) is 0 Å². The molecule has 0 spiro atoms. The fourth-order valence-corrected chi connectivity index (χ4v) is 2.60. The molecule has 0 fully saturated rings. The molecule has 1 aromatic heterocycles. The second-order valence-electron chi connectivity index (χ2n) is 3.12. The Kier molecular flexibility index (Phi) is 6.08. The van der Waals surface area contributed by atoms with E-state index in [9.17, 15) is 13.6 Å². The fraction of sp³-hybridized carbons (Fsp3) is 0.500. The predicted octanol–water partition coefficient (Wildman–Crippen LogP) is 3.29. The van der Waals surface area contributed by atoms with E-state index in [0.29, 0.717) is 6.42 Å². The van der Waals surface area contributed by atoms with Crippen molar-refractivity contribution < 1.29 is 18.3 Å². The van der Waals surface area contributed by atoms with Gasteiger partial charge >= 0.3 is 0 Å². The van der Waals surface area contributed by atoms with Gasteiger partial charge in [0.1, 0.15) is 12.4 Å². The number of alkyl halides is 2. The molecule has 1 heterocycles. The Hall–Kier alpha value is -0.330. The molecular weight excluding hydrogens is 302 g/mol. The van der Waals surface area contributed by atoms with Gasteiger partial charge in [0, 0.05) is 22.2 Å². The lowest BCUT2D eigenvalue weighted by Crippen LogP contribution is -2.10. The fourth-order valence-electron chi connectivity index (χ4n) is 1.08. The first-order chi connectivity index (χ1) is 7.59. The summed E-state index contributed by atoms with van der Waals surface area (Å²) < 4.78 is 29.0. The zero-order valence-corrected chi connectivity index (χ0v) is 10.8. The van der Waals surface area contributed by atoms with Gasteiger partial charge in [-0.3, -0.25) is 4.79 Å². The Morgan fingerprint density at radius 1 is 1.56 bits per heavy atom. The van der Waals surface area contributed by atoms with Crippen LogP contribution in [-0.4, -0.2) is 25.4 Å². The van der Waals surface area contributed by atoms with Gasteiger partial charge in [0.25, 0.3) is 6.43 Å².